The highest BCUT2D eigenvalue weighted by molar-refractivity contribution is 7.89. The number of aliphatic hydroxyl groups is 1. The van der Waals surface area contributed by atoms with Gasteiger partial charge in [0.1, 0.15) is 6.04 Å². The zero-order valence-corrected chi connectivity index (χ0v) is 28.2. The van der Waals surface area contributed by atoms with Gasteiger partial charge in [0.25, 0.3) is 0 Å². The number of H-pyrrole nitrogens is 1. The van der Waals surface area contributed by atoms with E-state index >= 15 is 0 Å². The number of aromatic nitrogens is 1. The van der Waals surface area contributed by atoms with Crippen LogP contribution in [0.2, 0.25) is 0 Å². The van der Waals surface area contributed by atoms with Gasteiger partial charge in [-0.2, -0.15) is 9.03 Å². The molecule has 8 N–H and O–H groups in total. The number of unbranched alkanes of at least 4 members (excludes halogenated alkanes) is 1. The summed E-state index contributed by atoms with van der Waals surface area (Å²) in [5, 5.41) is 13.9. The van der Waals surface area contributed by atoms with Gasteiger partial charge in [-0.3, -0.25) is 4.79 Å². The summed E-state index contributed by atoms with van der Waals surface area (Å²) in [5.74, 6) is -0.488. The van der Waals surface area contributed by atoms with Crippen LogP contribution in [-0.4, -0.2) is 68.9 Å². The van der Waals surface area contributed by atoms with Gasteiger partial charge >= 0.3 is 0 Å². The van der Waals surface area contributed by atoms with Crippen molar-refractivity contribution in [3.05, 3.63) is 84.6 Å². The van der Waals surface area contributed by atoms with Crippen LogP contribution in [0.4, 0.5) is 11.4 Å². The smallest absolute Gasteiger partial charge is 0.243 e. The van der Waals surface area contributed by atoms with Crippen molar-refractivity contribution < 1.29 is 26.7 Å². The molecule has 0 fully saturated rings. The number of aromatic amines is 1. The third-order valence-corrected chi connectivity index (χ3v) is 11.2. The molecule has 1 heterocycles. The summed E-state index contributed by atoms with van der Waals surface area (Å²) in [7, 11) is -7.96. The van der Waals surface area contributed by atoms with Gasteiger partial charge < -0.3 is 26.9 Å². The van der Waals surface area contributed by atoms with Crippen LogP contribution in [0.5, 0.6) is 0 Å². The van der Waals surface area contributed by atoms with E-state index in [1.165, 1.54) is 52.8 Å². The number of para-hydroxylation sites is 1. The number of hydrogen-bond donors (Lipinski definition) is 6. The molecule has 1 amide bonds. The van der Waals surface area contributed by atoms with E-state index < -0.39 is 38.0 Å². The van der Waals surface area contributed by atoms with Crippen molar-refractivity contribution in [3.63, 3.8) is 0 Å². The average molecular weight is 685 g/mol. The van der Waals surface area contributed by atoms with Crippen LogP contribution in [0.25, 0.3) is 10.9 Å². The molecular weight excluding hydrogens is 641 g/mol. The number of nitrogens with two attached hydrogens (primary N) is 2. The number of sulfonamides is 2. The second kappa shape index (κ2) is 15.8. The molecular formula is C33H44N6O6S2. The minimum absolute atomic E-state index is 0.0120. The van der Waals surface area contributed by atoms with Crippen LogP contribution >= 0.6 is 0 Å². The van der Waals surface area contributed by atoms with E-state index in [0.29, 0.717) is 30.6 Å². The summed E-state index contributed by atoms with van der Waals surface area (Å²) < 4.78 is 57.5. The zero-order chi connectivity index (χ0) is 34.2. The van der Waals surface area contributed by atoms with Crippen LogP contribution in [0.15, 0.2) is 88.8 Å². The zero-order valence-electron chi connectivity index (χ0n) is 26.6. The van der Waals surface area contributed by atoms with E-state index in [1.807, 2.05) is 38.1 Å². The van der Waals surface area contributed by atoms with Gasteiger partial charge in [-0.25, -0.2) is 16.8 Å². The fourth-order valence-corrected chi connectivity index (χ4v) is 8.36. The summed E-state index contributed by atoms with van der Waals surface area (Å²) in [6.45, 7) is 3.89. The van der Waals surface area contributed by atoms with Gasteiger partial charge in [0.2, 0.25) is 26.0 Å². The lowest BCUT2D eigenvalue weighted by Crippen LogP contribution is -2.48. The summed E-state index contributed by atoms with van der Waals surface area (Å²) in [6.07, 6.45) is 3.20. The predicted molar refractivity (Wildman–Crippen MR) is 184 cm³/mol. The van der Waals surface area contributed by atoms with E-state index in [-0.39, 0.29) is 41.8 Å². The van der Waals surface area contributed by atoms with Gasteiger partial charge in [-0.15, -0.1) is 0 Å². The number of carbonyl (C=O) groups excluding carboxylic acids is 1. The Balaban J connectivity index is 1.42. The largest absolute Gasteiger partial charge is 0.399 e. The Kier molecular flexibility index (Phi) is 12.0. The van der Waals surface area contributed by atoms with Crippen molar-refractivity contribution in [2.75, 3.05) is 31.2 Å². The second-order valence-corrected chi connectivity index (χ2v) is 15.6. The number of nitrogens with one attached hydrogen (secondary N) is 3. The van der Waals surface area contributed by atoms with Gasteiger partial charge in [-0.05, 0) is 85.3 Å². The lowest BCUT2D eigenvalue weighted by atomic mass is 10.0. The molecule has 254 valence electrons. The van der Waals surface area contributed by atoms with E-state index in [1.54, 1.807) is 6.20 Å². The highest BCUT2D eigenvalue weighted by Gasteiger charge is 2.32. The lowest BCUT2D eigenvalue weighted by Gasteiger charge is -2.31. The molecule has 1 aromatic heterocycles. The minimum Gasteiger partial charge on any atom is -0.399 e. The van der Waals surface area contributed by atoms with E-state index in [2.05, 4.69) is 15.0 Å². The fraction of sp³-hybridized carbons (Fsp3) is 0.364. The summed E-state index contributed by atoms with van der Waals surface area (Å²) in [6, 6.07) is 17.4. The lowest BCUT2D eigenvalue weighted by molar-refractivity contribution is -0.122. The molecule has 14 heteroatoms. The van der Waals surface area contributed by atoms with Crippen LogP contribution in [-0.2, 0) is 31.3 Å². The normalized spacial score (nSPS) is 13.6. The maximum absolute atomic E-state index is 13.5. The Morgan fingerprint density at radius 1 is 0.894 bits per heavy atom. The fourth-order valence-electron chi connectivity index (χ4n) is 5.36. The van der Waals surface area contributed by atoms with Crippen LogP contribution in [0, 0.1) is 5.92 Å². The van der Waals surface area contributed by atoms with Gasteiger partial charge in [0, 0.05) is 47.6 Å². The topological polar surface area (TPSA) is 201 Å². The molecule has 3 aromatic carbocycles. The minimum atomic E-state index is -4.06. The number of carbonyl (C=O) groups is 1. The molecule has 0 unspecified atom stereocenters. The highest BCUT2D eigenvalue weighted by Crippen LogP contribution is 2.24. The Labute approximate surface area is 276 Å². The third-order valence-electron chi connectivity index (χ3n) is 7.82. The first-order chi connectivity index (χ1) is 22.3. The quantitative estimate of drug-likeness (QED) is 0.0719. The van der Waals surface area contributed by atoms with Crippen molar-refractivity contribution in [1.29, 1.82) is 0 Å². The molecule has 47 heavy (non-hydrogen) atoms. The number of aliphatic hydroxyl groups excluding tert-OH is 1. The molecule has 0 aliphatic heterocycles. The van der Waals surface area contributed by atoms with Gasteiger partial charge in [-0.1, -0.05) is 38.5 Å². The molecule has 4 aromatic rings. The number of nitrogens with zero attached hydrogens (tertiary/aromatic N) is 1. The molecule has 0 saturated heterocycles. The van der Waals surface area contributed by atoms with Crippen molar-refractivity contribution in [2.24, 2.45) is 5.92 Å². The molecule has 0 saturated carbocycles. The van der Waals surface area contributed by atoms with Gasteiger partial charge in [0.15, 0.2) is 0 Å². The van der Waals surface area contributed by atoms with Crippen molar-refractivity contribution >= 4 is 48.2 Å². The molecule has 0 aliphatic carbocycles. The van der Waals surface area contributed by atoms with E-state index in [4.69, 9.17) is 11.5 Å². The summed E-state index contributed by atoms with van der Waals surface area (Å²) >= 11 is 0. The Morgan fingerprint density at radius 3 is 2.13 bits per heavy atom. The number of rotatable bonds is 17. The molecule has 0 bridgehead atoms. The SMILES string of the molecule is CC(C)CN([C@H](CO)CCCCNC(=O)[C@H](Cc1c[nH]c2ccccc12)NS(=O)(=O)c1ccc(N)cc1)S(=O)(=O)c1ccc(N)cc1. The highest BCUT2D eigenvalue weighted by atomic mass is 32.2. The average Bonchev–Trinajstić information content (AvgIpc) is 3.44. The number of hydrogen-bond acceptors (Lipinski definition) is 8. The molecule has 0 aliphatic rings. The van der Waals surface area contributed by atoms with E-state index in [9.17, 15) is 26.7 Å². The van der Waals surface area contributed by atoms with Crippen LogP contribution < -0.4 is 21.5 Å². The van der Waals surface area contributed by atoms with Crippen LogP contribution in [0.3, 0.4) is 0 Å². The third kappa shape index (κ3) is 9.32. The molecule has 4 rings (SSSR count). The molecule has 2 atom stereocenters. The number of fused-ring (bicyclic) bond motifs is 1. The summed E-state index contributed by atoms with van der Waals surface area (Å²) in [5.41, 5.74) is 14.0. The Hall–Kier alpha value is -3.95. The monoisotopic (exact) mass is 684 g/mol. The number of benzene rings is 3. The first kappa shape index (κ1) is 35.9. The first-order valence-electron chi connectivity index (χ1n) is 15.5. The van der Waals surface area contributed by atoms with Gasteiger partial charge in [0.05, 0.1) is 16.4 Å². The number of amides is 1. The van der Waals surface area contributed by atoms with E-state index in [0.717, 1.165) is 16.5 Å². The Morgan fingerprint density at radius 2 is 1.51 bits per heavy atom. The maximum atomic E-state index is 13.5. The Bertz CT molecular complexity index is 1840. The molecule has 0 spiro atoms. The molecule has 12 nitrogen and oxygen atoms in total. The number of nitrogen functional groups attached to an aromatic ring is 2. The first-order valence-corrected chi connectivity index (χ1v) is 18.4. The number of anilines is 2. The molecule has 0 radical (unpaired) electrons. The van der Waals surface area contributed by atoms with Crippen LogP contribution in [0.1, 0.15) is 38.7 Å². The summed E-state index contributed by atoms with van der Waals surface area (Å²) in [4.78, 5) is 16.7. The maximum Gasteiger partial charge on any atom is 0.243 e. The van der Waals surface area contributed by atoms with Crippen molar-refractivity contribution in [3.8, 4) is 0 Å². The van der Waals surface area contributed by atoms with Crippen molar-refractivity contribution in [1.82, 2.24) is 19.3 Å². The van der Waals surface area contributed by atoms with Crippen molar-refractivity contribution in [2.45, 2.75) is 61.4 Å². The standard InChI is InChI=1S/C33H44N6O6S2/c1-23(2)21-39(47(44,45)29-16-12-26(35)13-17-29)27(22-40)7-5-6-18-36-33(41)32(19-24-20-37-31-9-4-3-8-30(24)31)38-46(42,43)28-14-10-25(34)11-15-28/h3-4,8-17,20,23,27,32,37-38,40H,5-7,18-19,21-22,34-35H2,1-2H3,(H,36,41)/t27-,32-/m0/s1. The second-order valence-electron chi connectivity index (χ2n) is 12.0. The predicted octanol–water partition coefficient (Wildman–Crippen LogP) is 3.22.